The summed E-state index contributed by atoms with van der Waals surface area (Å²) in [5, 5.41) is 6.55. The van der Waals surface area contributed by atoms with Gasteiger partial charge in [0.1, 0.15) is 0 Å². The van der Waals surface area contributed by atoms with Crippen LogP contribution in [0.15, 0.2) is 36.5 Å². The van der Waals surface area contributed by atoms with Gasteiger partial charge in [0.05, 0.1) is 5.92 Å². The summed E-state index contributed by atoms with van der Waals surface area (Å²) in [5.74, 6) is 0.207. The van der Waals surface area contributed by atoms with Crippen LogP contribution in [0.4, 0.5) is 0 Å². The Hall–Kier alpha value is -2.20. The smallest absolute Gasteiger partial charge is 0.228 e. The number of fused-ring (bicyclic) bond motifs is 1. The summed E-state index contributed by atoms with van der Waals surface area (Å²) in [6, 6.07) is 10.0. The maximum absolute atomic E-state index is 12.9. The standard InChI is InChI=1S/C21H27N3O/c1-14(2)20(16-7-5-4-6-8-16)21(25)24-13-19-15(3)23-12-17-11-22-10-9-18(17)19/h4-8,12,14,20,22H,9-11,13H2,1-3H3,(H,24,25). The molecule has 3 rings (SSSR count). The number of hydrogen-bond donors (Lipinski definition) is 2. The van der Waals surface area contributed by atoms with E-state index >= 15 is 0 Å². The Kier molecular flexibility index (Phi) is 5.49. The zero-order chi connectivity index (χ0) is 17.8. The first-order chi connectivity index (χ1) is 12.1. The van der Waals surface area contributed by atoms with Gasteiger partial charge in [-0.25, -0.2) is 0 Å². The molecule has 0 radical (unpaired) electrons. The Morgan fingerprint density at radius 3 is 2.76 bits per heavy atom. The lowest BCUT2D eigenvalue weighted by molar-refractivity contribution is -0.123. The molecule has 4 heteroatoms. The fraction of sp³-hybridized carbons (Fsp3) is 0.429. The van der Waals surface area contributed by atoms with Crippen LogP contribution in [0.2, 0.25) is 0 Å². The third-order valence-electron chi connectivity index (χ3n) is 5.02. The number of amides is 1. The zero-order valence-corrected chi connectivity index (χ0v) is 15.3. The maximum Gasteiger partial charge on any atom is 0.228 e. The molecule has 1 amide bonds. The molecule has 1 aromatic carbocycles. The lowest BCUT2D eigenvalue weighted by Gasteiger charge is -2.24. The highest BCUT2D eigenvalue weighted by Gasteiger charge is 2.24. The van der Waals surface area contributed by atoms with Crippen molar-refractivity contribution in [1.82, 2.24) is 15.6 Å². The molecule has 1 atom stereocenters. The molecular weight excluding hydrogens is 310 g/mol. The molecule has 25 heavy (non-hydrogen) atoms. The van der Waals surface area contributed by atoms with Gasteiger partial charge in [-0.15, -0.1) is 0 Å². The first-order valence-electron chi connectivity index (χ1n) is 9.07. The molecule has 0 aliphatic carbocycles. The molecule has 0 fully saturated rings. The highest BCUT2D eigenvalue weighted by molar-refractivity contribution is 5.84. The Labute approximate surface area is 150 Å². The van der Waals surface area contributed by atoms with Crippen molar-refractivity contribution in [2.45, 2.75) is 46.2 Å². The Morgan fingerprint density at radius 2 is 2.04 bits per heavy atom. The zero-order valence-electron chi connectivity index (χ0n) is 15.3. The molecule has 0 saturated carbocycles. The average molecular weight is 337 g/mol. The van der Waals surface area contributed by atoms with Gasteiger partial charge < -0.3 is 10.6 Å². The van der Waals surface area contributed by atoms with Gasteiger partial charge in [0.25, 0.3) is 0 Å². The lowest BCUT2D eigenvalue weighted by atomic mass is 9.87. The summed E-state index contributed by atoms with van der Waals surface area (Å²) in [7, 11) is 0. The second kappa shape index (κ2) is 7.79. The van der Waals surface area contributed by atoms with Crippen molar-refractivity contribution in [2.75, 3.05) is 6.54 Å². The molecule has 132 valence electrons. The first-order valence-corrected chi connectivity index (χ1v) is 9.07. The fourth-order valence-electron chi connectivity index (χ4n) is 3.66. The predicted molar refractivity (Wildman–Crippen MR) is 100 cm³/mol. The number of hydrogen-bond acceptors (Lipinski definition) is 3. The minimum absolute atomic E-state index is 0.0899. The molecule has 1 aliphatic heterocycles. The third-order valence-corrected chi connectivity index (χ3v) is 5.02. The van der Waals surface area contributed by atoms with Gasteiger partial charge in [-0.2, -0.15) is 0 Å². The Balaban J connectivity index is 1.78. The molecule has 1 unspecified atom stereocenters. The van der Waals surface area contributed by atoms with Crippen molar-refractivity contribution in [3.05, 3.63) is 64.5 Å². The number of carbonyl (C=O) groups is 1. The summed E-state index contributed by atoms with van der Waals surface area (Å²) in [6.45, 7) is 8.62. The van der Waals surface area contributed by atoms with Crippen molar-refractivity contribution < 1.29 is 4.79 Å². The molecule has 4 nitrogen and oxygen atoms in total. The molecule has 1 aromatic heterocycles. The molecule has 0 spiro atoms. The monoisotopic (exact) mass is 337 g/mol. The second-order valence-electron chi connectivity index (χ2n) is 7.10. The van der Waals surface area contributed by atoms with Crippen LogP contribution in [0.5, 0.6) is 0 Å². The Morgan fingerprint density at radius 1 is 1.28 bits per heavy atom. The van der Waals surface area contributed by atoms with E-state index in [1.54, 1.807) is 0 Å². The van der Waals surface area contributed by atoms with E-state index in [-0.39, 0.29) is 17.7 Å². The van der Waals surface area contributed by atoms with Crippen LogP contribution in [0.25, 0.3) is 0 Å². The predicted octanol–water partition coefficient (Wildman–Crippen LogP) is 3.09. The first kappa shape index (κ1) is 17.6. The number of rotatable bonds is 5. The number of aryl methyl sites for hydroxylation is 1. The van der Waals surface area contributed by atoms with Gasteiger partial charge in [-0.05, 0) is 48.1 Å². The highest BCUT2D eigenvalue weighted by atomic mass is 16.1. The quantitative estimate of drug-likeness (QED) is 0.881. The summed E-state index contributed by atoms with van der Waals surface area (Å²) in [5.41, 5.74) is 5.88. The maximum atomic E-state index is 12.9. The van der Waals surface area contributed by atoms with E-state index in [9.17, 15) is 4.79 Å². The SMILES string of the molecule is Cc1ncc2c(c1CNC(=O)C(c1ccccc1)C(C)C)CCNC2. The van der Waals surface area contributed by atoms with Crippen molar-refractivity contribution in [1.29, 1.82) is 0 Å². The summed E-state index contributed by atoms with van der Waals surface area (Å²) >= 11 is 0. The van der Waals surface area contributed by atoms with Crippen LogP contribution < -0.4 is 10.6 Å². The minimum Gasteiger partial charge on any atom is -0.351 e. The van der Waals surface area contributed by atoms with Crippen LogP contribution in [-0.4, -0.2) is 17.4 Å². The highest BCUT2D eigenvalue weighted by Crippen LogP contribution is 2.25. The van der Waals surface area contributed by atoms with Crippen molar-refractivity contribution in [3.8, 4) is 0 Å². The van der Waals surface area contributed by atoms with E-state index in [0.717, 1.165) is 30.8 Å². The van der Waals surface area contributed by atoms with Gasteiger partial charge in [0, 0.05) is 25.0 Å². The molecule has 2 heterocycles. The van der Waals surface area contributed by atoms with E-state index < -0.39 is 0 Å². The topological polar surface area (TPSA) is 54.0 Å². The molecule has 2 aromatic rings. The molecule has 0 saturated heterocycles. The number of benzene rings is 1. The fourth-order valence-corrected chi connectivity index (χ4v) is 3.66. The van der Waals surface area contributed by atoms with Crippen LogP contribution in [0.3, 0.4) is 0 Å². The van der Waals surface area contributed by atoms with Crippen LogP contribution in [-0.2, 0) is 24.3 Å². The number of aromatic nitrogens is 1. The summed E-state index contributed by atoms with van der Waals surface area (Å²) in [4.78, 5) is 17.4. The lowest BCUT2D eigenvalue weighted by Crippen LogP contribution is -2.33. The third kappa shape index (κ3) is 3.90. The van der Waals surface area contributed by atoms with Gasteiger partial charge in [-0.1, -0.05) is 44.2 Å². The summed E-state index contributed by atoms with van der Waals surface area (Å²) < 4.78 is 0. The van der Waals surface area contributed by atoms with Gasteiger partial charge in [0.15, 0.2) is 0 Å². The van der Waals surface area contributed by atoms with Crippen molar-refractivity contribution in [2.24, 2.45) is 5.92 Å². The second-order valence-corrected chi connectivity index (χ2v) is 7.10. The van der Waals surface area contributed by atoms with Crippen LogP contribution in [0.1, 0.15) is 47.7 Å². The van der Waals surface area contributed by atoms with Crippen LogP contribution in [0, 0.1) is 12.8 Å². The van der Waals surface area contributed by atoms with E-state index in [1.165, 1.54) is 16.7 Å². The molecular formula is C21H27N3O. The van der Waals surface area contributed by atoms with Gasteiger partial charge in [-0.3, -0.25) is 9.78 Å². The average Bonchev–Trinajstić information content (AvgIpc) is 2.61. The number of nitrogens with zero attached hydrogens (tertiary/aromatic N) is 1. The largest absolute Gasteiger partial charge is 0.351 e. The van der Waals surface area contributed by atoms with Crippen molar-refractivity contribution >= 4 is 5.91 Å². The summed E-state index contributed by atoms with van der Waals surface area (Å²) in [6.07, 6.45) is 2.96. The van der Waals surface area contributed by atoms with Crippen LogP contribution >= 0.6 is 0 Å². The van der Waals surface area contributed by atoms with E-state index in [1.807, 2.05) is 43.5 Å². The molecule has 0 bridgehead atoms. The van der Waals surface area contributed by atoms with Gasteiger partial charge in [0.2, 0.25) is 5.91 Å². The molecule has 1 aliphatic rings. The number of pyridine rings is 1. The van der Waals surface area contributed by atoms with Gasteiger partial charge >= 0.3 is 0 Å². The normalized spacial score (nSPS) is 14.9. The van der Waals surface area contributed by atoms with Crippen molar-refractivity contribution in [3.63, 3.8) is 0 Å². The number of nitrogens with one attached hydrogen (secondary N) is 2. The van der Waals surface area contributed by atoms with E-state index in [2.05, 4.69) is 29.5 Å². The number of carbonyl (C=O) groups excluding carboxylic acids is 1. The van der Waals surface area contributed by atoms with E-state index in [0.29, 0.717) is 6.54 Å². The molecule has 2 N–H and O–H groups in total. The Bertz CT molecular complexity index is 740. The minimum atomic E-state index is -0.129. The van der Waals surface area contributed by atoms with E-state index in [4.69, 9.17) is 0 Å².